The van der Waals surface area contributed by atoms with Gasteiger partial charge in [0.2, 0.25) is 4.96 Å². The summed E-state index contributed by atoms with van der Waals surface area (Å²) in [4.78, 5) is 5.37. The zero-order chi connectivity index (χ0) is 13.4. The zero-order valence-electron chi connectivity index (χ0n) is 10.3. The van der Waals surface area contributed by atoms with E-state index in [9.17, 15) is 0 Å². The molecule has 98 valence electrons. The quantitative estimate of drug-likeness (QED) is 0.734. The van der Waals surface area contributed by atoms with E-state index in [1.165, 1.54) is 11.3 Å². The van der Waals surface area contributed by atoms with Crippen molar-refractivity contribution in [3.8, 4) is 22.8 Å². The van der Waals surface area contributed by atoms with Crippen LogP contribution < -0.4 is 9.47 Å². The molecule has 0 saturated heterocycles. The van der Waals surface area contributed by atoms with Crippen LogP contribution in [0.4, 0.5) is 0 Å². The number of rotatable bonds is 3. The molecule has 19 heavy (non-hydrogen) atoms. The Balaban J connectivity index is 2.15. The summed E-state index contributed by atoms with van der Waals surface area (Å²) in [6.45, 7) is 0. The molecule has 0 amide bonds. The van der Waals surface area contributed by atoms with Gasteiger partial charge in [-0.15, -0.1) is 5.10 Å². The minimum atomic E-state index is 0.755. The van der Waals surface area contributed by atoms with Crippen molar-refractivity contribution in [2.75, 3.05) is 14.2 Å². The lowest BCUT2D eigenvalue weighted by atomic mass is 10.1. The van der Waals surface area contributed by atoms with Crippen LogP contribution in [0.5, 0.6) is 11.5 Å². The molecule has 0 saturated carbocycles. The van der Waals surface area contributed by atoms with Gasteiger partial charge in [0.25, 0.3) is 0 Å². The highest BCUT2D eigenvalue weighted by atomic mass is 79.9. The maximum Gasteiger partial charge on any atom is 0.213 e. The molecule has 0 aliphatic heterocycles. The van der Waals surface area contributed by atoms with Gasteiger partial charge in [0, 0.05) is 5.56 Å². The monoisotopic (exact) mass is 339 g/mol. The lowest BCUT2D eigenvalue weighted by Gasteiger charge is -2.08. The van der Waals surface area contributed by atoms with Crippen molar-refractivity contribution in [3.05, 3.63) is 28.3 Å². The number of aromatic nitrogens is 3. The third kappa shape index (κ3) is 2.19. The van der Waals surface area contributed by atoms with Gasteiger partial charge in [-0.1, -0.05) is 11.3 Å². The molecular weight excluding hydrogens is 330 g/mol. The molecule has 5 nitrogen and oxygen atoms in total. The summed E-state index contributed by atoms with van der Waals surface area (Å²) in [5, 5.41) is 4.27. The van der Waals surface area contributed by atoms with Crippen molar-refractivity contribution in [1.82, 2.24) is 14.6 Å². The molecule has 0 atom stereocenters. The van der Waals surface area contributed by atoms with Gasteiger partial charge in [-0.2, -0.15) is 0 Å². The van der Waals surface area contributed by atoms with Gasteiger partial charge in [-0.05, 0) is 34.1 Å². The lowest BCUT2D eigenvalue weighted by Crippen LogP contribution is -1.90. The summed E-state index contributed by atoms with van der Waals surface area (Å²) in [6, 6.07) is 5.63. The van der Waals surface area contributed by atoms with Crippen LogP contribution in [0.1, 0.15) is 0 Å². The summed E-state index contributed by atoms with van der Waals surface area (Å²) in [7, 11) is 3.27. The molecule has 3 rings (SSSR count). The summed E-state index contributed by atoms with van der Waals surface area (Å²) in [5.41, 5.74) is 1.69. The van der Waals surface area contributed by atoms with Crippen molar-refractivity contribution in [2.45, 2.75) is 0 Å². The van der Waals surface area contributed by atoms with E-state index in [0.29, 0.717) is 0 Å². The molecule has 3 aromatic rings. The number of benzene rings is 1. The molecule has 2 heterocycles. The number of methoxy groups -OCH3 is 2. The first-order valence-corrected chi connectivity index (χ1v) is 7.06. The van der Waals surface area contributed by atoms with Gasteiger partial charge < -0.3 is 9.47 Å². The fourth-order valence-corrected chi connectivity index (χ4v) is 3.04. The van der Waals surface area contributed by atoms with Crippen LogP contribution in [0.3, 0.4) is 0 Å². The molecule has 1 aromatic carbocycles. The first-order chi connectivity index (χ1) is 9.21. The van der Waals surface area contributed by atoms with Crippen LogP contribution in [0, 0.1) is 0 Å². The van der Waals surface area contributed by atoms with Gasteiger partial charge in [0.05, 0.1) is 26.1 Å². The maximum absolute atomic E-state index is 5.36. The molecule has 0 fully saturated rings. The van der Waals surface area contributed by atoms with E-state index >= 15 is 0 Å². The third-order valence-electron chi connectivity index (χ3n) is 2.70. The predicted molar refractivity (Wildman–Crippen MR) is 77.1 cm³/mol. The highest BCUT2D eigenvalue weighted by Gasteiger charge is 2.13. The van der Waals surface area contributed by atoms with E-state index in [1.54, 1.807) is 18.7 Å². The topological polar surface area (TPSA) is 48.7 Å². The zero-order valence-corrected chi connectivity index (χ0v) is 12.7. The number of halogens is 1. The smallest absolute Gasteiger partial charge is 0.213 e. The van der Waals surface area contributed by atoms with Crippen molar-refractivity contribution in [1.29, 1.82) is 0 Å². The summed E-state index contributed by atoms with van der Waals surface area (Å²) < 4.78 is 13.1. The number of nitrogens with zero attached hydrogens (tertiary/aromatic N) is 3. The Morgan fingerprint density at radius 2 is 2.11 bits per heavy atom. The maximum atomic E-state index is 5.36. The van der Waals surface area contributed by atoms with Crippen LogP contribution >= 0.6 is 27.3 Å². The third-order valence-corrected chi connectivity index (χ3v) is 4.06. The fraction of sp³-hybridized carbons (Fsp3) is 0.167. The highest BCUT2D eigenvalue weighted by molar-refractivity contribution is 9.11. The van der Waals surface area contributed by atoms with Crippen LogP contribution in [0.2, 0.25) is 0 Å². The summed E-state index contributed by atoms with van der Waals surface area (Å²) in [5.74, 6) is 1.52. The Hall–Kier alpha value is -1.60. The SMILES string of the molecule is COc1ccc(OC)c(-c2cn3nc(Br)sc3n2)c1. The molecule has 0 bridgehead atoms. The minimum Gasteiger partial charge on any atom is -0.497 e. The second-order valence-electron chi connectivity index (χ2n) is 3.77. The summed E-state index contributed by atoms with van der Waals surface area (Å²) in [6.07, 6.45) is 1.87. The Kier molecular flexibility index (Phi) is 3.16. The Bertz CT molecular complexity index is 706. The van der Waals surface area contributed by atoms with Crippen molar-refractivity contribution in [2.24, 2.45) is 0 Å². The van der Waals surface area contributed by atoms with Gasteiger partial charge in [-0.25, -0.2) is 9.50 Å². The largest absolute Gasteiger partial charge is 0.497 e. The van der Waals surface area contributed by atoms with Crippen molar-refractivity contribution in [3.63, 3.8) is 0 Å². The normalized spacial score (nSPS) is 10.9. The second kappa shape index (κ2) is 4.82. The molecule has 7 heteroatoms. The van der Waals surface area contributed by atoms with E-state index < -0.39 is 0 Å². The van der Waals surface area contributed by atoms with Crippen LogP contribution in [-0.2, 0) is 0 Å². The minimum absolute atomic E-state index is 0.755. The van der Waals surface area contributed by atoms with E-state index in [2.05, 4.69) is 26.0 Å². The van der Waals surface area contributed by atoms with Crippen molar-refractivity contribution >= 4 is 32.2 Å². The Morgan fingerprint density at radius 1 is 1.26 bits per heavy atom. The fourth-order valence-electron chi connectivity index (χ4n) is 1.82. The number of hydrogen-bond acceptors (Lipinski definition) is 5. The molecule has 0 radical (unpaired) electrons. The molecule has 0 N–H and O–H groups in total. The van der Waals surface area contributed by atoms with Gasteiger partial charge >= 0.3 is 0 Å². The first-order valence-electron chi connectivity index (χ1n) is 5.45. The number of imidazole rings is 1. The average molecular weight is 340 g/mol. The molecule has 2 aromatic heterocycles. The van der Waals surface area contributed by atoms with Crippen molar-refractivity contribution < 1.29 is 9.47 Å². The second-order valence-corrected chi connectivity index (χ2v) is 6.01. The Morgan fingerprint density at radius 3 is 2.79 bits per heavy atom. The van der Waals surface area contributed by atoms with Crippen LogP contribution in [0.25, 0.3) is 16.2 Å². The number of fused-ring (bicyclic) bond motifs is 1. The predicted octanol–water partition coefficient (Wildman–Crippen LogP) is 3.24. The molecule has 0 aliphatic carbocycles. The van der Waals surface area contributed by atoms with E-state index in [4.69, 9.17) is 9.47 Å². The summed E-state index contributed by atoms with van der Waals surface area (Å²) >= 11 is 4.81. The number of hydrogen-bond donors (Lipinski definition) is 0. The van der Waals surface area contributed by atoms with Gasteiger partial charge in [-0.3, -0.25) is 0 Å². The number of ether oxygens (including phenoxy) is 2. The van der Waals surface area contributed by atoms with E-state index in [1.807, 2.05) is 24.4 Å². The highest BCUT2D eigenvalue weighted by Crippen LogP contribution is 2.33. The first kappa shape index (κ1) is 12.4. The lowest BCUT2D eigenvalue weighted by molar-refractivity contribution is 0.404. The average Bonchev–Trinajstić information content (AvgIpc) is 2.95. The van der Waals surface area contributed by atoms with Gasteiger partial charge in [0.1, 0.15) is 11.5 Å². The van der Waals surface area contributed by atoms with Crippen LogP contribution in [-0.4, -0.2) is 28.8 Å². The molecule has 0 unspecified atom stereocenters. The Labute approximate surface area is 121 Å². The molecular formula is C12H10BrN3O2S. The standard InChI is InChI=1S/C12H10BrN3O2S/c1-17-7-3-4-10(18-2)8(5-7)9-6-16-12(14-9)19-11(13)15-16/h3-6H,1-2H3. The van der Waals surface area contributed by atoms with E-state index in [-0.39, 0.29) is 0 Å². The molecule has 0 spiro atoms. The van der Waals surface area contributed by atoms with E-state index in [0.717, 1.165) is 31.6 Å². The van der Waals surface area contributed by atoms with Crippen LogP contribution in [0.15, 0.2) is 28.3 Å². The molecule has 0 aliphatic rings. The van der Waals surface area contributed by atoms with Gasteiger partial charge in [0.15, 0.2) is 3.92 Å².